The van der Waals surface area contributed by atoms with Crippen LogP contribution in [-0.4, -0.2) is 7.11 Å². The van der Waals surface area contributed by atoms with Crippen LogP contribution in [0.15, 0.2) is 42.6 Å². The fourth-order valence-corrected chi connectivity index (χ4v) is 2.16. The molecular weight excluding hydrogens is 237 g/mol. The van der Waals surface area contributed by atoms with E-state index >= 15 is 0 Å². The van der Waals surface area contributed by atoms with Gasteiger partial charge in [0.15, 0.2) is 6.20 Å². The first-order chi connectivity index (χ1) is 8.22. The van der Waals surface area contributed by atoms with Crippen molar-refractivity contribution in [3.05, 3.63) is 42.6 Å². The molecule has 1 aromatic heterocycles. The minimum atomic E-state index is -2.07. The molecule has 0 spiro atoms. The molecule has 0 amide bonds. The van der Waals surface area contributed by atoms with Crippen molar-refractivity contribution in [2.24, 2.45) is 0 Å². The van der Waals surface area contributed by atoms with Gasteiger partial charge in [0, 0.05) is 29.0 Å². The van der Waals surface area contributed by atoms with Gasteiger partial charge in [0.1, 0.15) is 0 Å². The summed E-state index contributed by atoms with van der Waals surface area (Å²) in [6.07, 6.45) is 1.55. The number of aromatic nitrogens is 1. The van der Waals surface area contributed by atoms with Gasteiger partial charge in [-0.2, -0.15) is 4.57 Å². The average Bonchev–Trinajstić information content (AvgIpc) is 2.37. The smallest absolute Gasteiger partial charge is 0.167 e. The number of benzene rings is 1. The van der Waals surface area contributed by atoms with E-state index < -0.39 is 8.25 Å². The first-order valence-corrected chi connectivity index (χ1v) is 6.39. The zero-order valence-electron chi connectivity index (χ0n) is 9.74. The van der Waals surface area contributed by atoms with Gasteiger partial charge in [0.25, 0.3) is 0 Å². The molecule has 1 heterocycles. The predicted molar refractivity (Wildman–Crippen MR) is 64.6 cm³/mol. The molecule has 0 fully saturated rings. The van der Waals surface area contributed by atoms with Crippen LogP contribution in [0.4, 0.5) is 0 Å². The summed E-state index contributed by atoms with van der Waals surface area (Å²) in [6.45, 7) is 1.83. The Morgan fingerprint density at radius 3 is 2.71 bits per heavy atom. The SMILES string of the molecule is CO[P+](=O)OC(C)[n+]1cccc2ccccc21. The molecule has 0 N–H and O–H groups in total. The third-order valence-electron chi connectivity index (χ3n) is 2.52. The summed E-state index contributed by atoms with van der Waals surface area (Å²) in [5.41, 5.74) is 1.03. The molecule has 2 aromatic rings. The fourth-order valence-electron chi connectivity index (χ4n) is 1.72. The largest absolute Gasteiger partial charge is 0.703 e. The Morgan fingerprint density at radius 1 is 1.24 bits per heavy atom. The summed E-state index contributed by atoms with van der Waals surface area (Å²) in [5.74, 6) is 0. The quantitative estimate of drug-likeness (QED) is 0.619. The van der Waals surface area contributed by atoms with Crippen molar-refractivity contribution in [3.8, 4) is 0 Å². The predicted octanol–water partition coefficient (Wildman–Crippen LogP) is 2.97. The molecule has 0 aliphatic carbocycles. The molecule has 1 aromatic carbocycles. The Morgan fingerprint density at radius 2 is 1.94 bits per heavy atom. The van der Waals surface area contributed by atoms with Crippen LogP contribution in [0.3, 0.4) is 0 Å². The number of fused-ring (bicyclic) bond motifs is 1. The molecular formula is C12H14NO3P+2. The zero-order valence-corrected chi connectivity index (χ0v) is 10.6. The molecule has 17 heavy (non-hydrogen) atoms. The third kappa shape index (κ3) is 2.67. The molecule has 2 atom stereocenters. The summed E-state index contributed by atoms with van der Waals surface area (Å²) in [6, 6.07) is 11.9. The van der Waals surface area contributed by atoms with Gasteiger partial charge < -0.3 is 0 Å². The maximum absolute atomic E-state index is 11.2. The lowest BCUT2D eigenvalue weighted by Crippen LogP contribution is -2.38. The minimum Gasteiger partial charge on any atom is -0.167 e. The van der Waals surface area contributed by atoms with Crippen molar-refractivity contribution in [1.82, 2.24) is 0 Å². The number of hydrogen-bond donors (Lipinski definition) is 0. The maximum atomic E-state index is 11.2. The van der Waals surface area contributed by atoms with E-state index in [9.17, 15) is 4.57 Å². The topological polar surface area (TPSA) is 39.4 Å². The number of para-hydroxylation sites is 1. The Balaban J connectivity index is 2.38. The lowest BCUT2D eigenvalue weighted by Gasteiger charge is -2.03. The summed E-state index contributed by atoms with van der Waals surface area (Å²) in [7, 11) is -0.707. The highest BCUT2D eigenvalue weighted by atomic mass is 31.1. The first-order valence-electron chi connectivity index (χ1n) is 5.29. The van der Waals surface area contributed by atoms with Crippen molar-refractivity contribution in [3.63, 3.8) is 0 Å². The maximum Gasteiger partial charge on any atom is 0.703 e. The van der Waals surface area contributed by atoms with Gasteiger partial charge >= 0.3 is 14.5 Å². The Hall–Kier alpha value is -1.35. The number of nitrogens with zero attached hydrogens (tertiary/aromatic N) is 1. The second-order valence-corrected chi connectivity index (χ2v) is 4.61. The van der Waals surface area contributed by atoms with Gasteiger partial charge in [-0.3, -0.25) is 0 Å². The van der Waals surface area contributed by atoms with Crippen molar-refractivity contribution in [2.75, 3.05) is 7.11 Å². The Bertz CT molecular complexity index is 539. The molecule has 0 bridgehead atoms. The van der Waals surface area contributed by atoms with Gasteiger partial charge in [-0.25, -0.2) is 0 Å². The average molecular weight is 251 g/mol. The van der Waals surface area contributed by atoms with Gasteiger partial charge in [-0.05, 0) is 16.7 Å². The molecule has 5 heteroatoms. The van der Waals surface area contributed by atoms with Crippen molar-refractivity contribution >= 4 is 19.2 Å². The second-order valence-electron chi connectivity index (χ2n) is 3.59. The van der Waals surface area contributed by atoms with Crippen LogP contribution < -0.4 is 4.57 Å². The fraction of sp³-hybridized carbons (Fsp3) is 0.250. The molecule has 2 rings (SSSR count). The van der Waals surface area contributed by atoms with E-state index in [4.69, 9.17) is 4.52 Å². The molecule has 0 aliphatic heterocycles. The number of pyridine rings is 1. The first kappa shape index (κ1) is 12.1. The van der Waals surface area contributed by atoms with E-state index in [1.807, 2.05) is 54.1 Å². The minimum absolute atomic E-state index is 0.343. The summed E-state index contributed by atoms with van der Waals surface area (Å²) in [5, 5.41) is 1.11. The van der Waals surface area contributed by atoms with Crippen LogP contribution in [-0.2, 0) is 13.6 Å². The van der Waals surface area contributed by atoms with Crippen LogP contribution in [0.1, 0.15) is 13.2 Å². The molecule has 88 valence electrons. The van der Waals surface area contributed by atoms with E-state index in [-0.39, 0.29) is 6.23 Å². The zero-order chi connectivity index (χ0) is 12.3. The summed E-state index contributed by atoms with van der Waals surface area (Å²) < 4.78 is 23.0. The standard InChI is InChI=1S/C12H14NO3P/c1-10(16-17(14)15-2)13-9-5-7-11-6-3-4-8-12(11)13/h3-10H,1-2H3/q+2. The van der Waals surface area contributed by atoms with Crippen molar-refractivity contribution in [1.29, 1.82) is 0 Å². The van der Waals surface area contributed by atoms with E-state index in [0.717, 1.165) is 10.9 Å². The highest BCUT2D eigenvalue weighted by molar-refractivity contribution is 7.33. The lowest BCUT2D eigenvalue weighted by atomic mass is 10.2. The highest BCUT2D eigenvalue weighted by Gasteiger charge is 2.29. The van der Waals surface area contributed by atoms with Gasteiger partial charge in [-0.1, -0.05) is 12.1 Å². The molecule has 0 saturated carbocycles. The van der Waals surface area contributed by atoms with E-state index in [1.165, 1.54) is 7.11 Å². The molecule has 2 unspecified atom stereocenters. The third-order valence-corrected chi connectivity index (χ3v) is 3.29. The lowest BCUT2D eigenvalue weighted by molar-refractivity contribution is -0.727. The van der Waals surface area contributed by atoms with E-state index in [2.05, 4.69) is 4.52 Å². The molecule has 0 aliphatic rings. The number of hydrogen-bond acceptors (Lipinski definition) is 3. The van der Waals surface area contributed by atoms with Crippen LogP contribution in [0, 0.1) is 0 Å². The van der Waals surface area contributed by atoms with Crippen molar-refractivity contribution in [2.45, 2.75) is 13.2 Å². The van der Waals surface area contributed by atoms with Gasteiger partial charge in [0.05, 0.1) is 7.11 Å². The summed E-state index contributed by atoms with van der Waals surface area (Å²) >= 11 is 0. The van der Waals surface area contributed by atoms with E-state index in [0.29, 0.717) is 0 Å². The van der Waals surface area contributed by atoms with Gasteiger partial charge in [0.2, 0.25) is 5.52 Å². The second kappa shape index (κ2) is 5.32. The normalized spacial score (nSPS) is 13.6. The molecule has 0 radical (unpaired) electrons. The Labute approximate surface area is 101 Å². The Kier molecular flexibility index (Phi) is 3.79. The number of rotatable bonds is 4. The highest BCUT2D eigenvalue weighted by Crippen LogP contribution is 2.26. The van der Waals surface area contributed by atoms with Crippen LogP contribution in [0.2, 0.25) is 0 Å². The van der Waals surface area contributed by atoms with Gasteiger partial charge in [-0.15, -0.1) is 4.52 Å². The molecule has 0 saturated heterocycles. The van der Waals surface area contributed by atoms with Crippen LogP contribution in [0.5, 0.6) is 0 Å². The monoisotopic (exact) mass is 251 g/mol. The van der Waals surface area contributed by atoms with Crippen LogP contribution >= 0.6 is 8.25 Å². The van der Waals surface area contributed by atoms with Crippen LogP contribution in [0.25, 0.3) is 10.9 Å². The van der Waals surface area contributed by atoms with Crippen molar-refractivity contribution < 1.29 is 18.2 Å². The van der Waals surface area contributed by atoms with E-state index in [1.54, 1.807) is 0 Å². The summed E-state index contributed by atoms with van der Waals surface area (Å²) in [4.78, 5) is 0. The molecule has 4 nitrogen and oxygen atoms in total.